The van der Waals surface area contributed by atoms with Crippen LogP contribution in [0.25, 0.3) is 0 Å². The number of hydrogen-bond acceptors (Lipinski definition) is 2. The molecule has 3 nitrogen and oxygen atoms in total. The van der Waals surface area contributed by atoms with Gasteiger partial charge in [-0.15, -0.1) is 0 Å². The molecule has 0 aliphatic heterocycles. The second-order valence-corrected chi connectivity index (χ2v) is 4.53. The molecule has 0 aromatic heterocycles. The number of benzene rings is 2. The van der Waals surface area contributed by atoms with Crippen LogP contribution in [0.15, 0.2) is 36.4 Å². The van der Waals surface area contributed by atoms with Gasteiger partial charge in [-0.05, 0) is 31.2 Å². The van der Waals surface area contributed by atoms with Crippen molar-refractivity contribution in [2.24, 2.45) is 0 Å². The standard InChI is InChI=1S/C15H12F3NO2/c1-8(11-4-2-9(16)6-14(11)18)19-10-3-5-13(17)12(7-10)15(20)21/h2-8,19H,1H3,(H,20,21). The second kappa shape index (κ2) is 5.87. The number of halogens is 3. The molecular weight excluding hydrogens is 283 g/mol. The largest absolute Gasteiger partial charge is 0.478 e. The Kier molecular flexibility index (Phi) is 4.16. The van der Waals surface area contributed by atoms with Crippen LogP contribution in [0.5, 0.6) is 0 Å². The lowest BCUT2D eigenvalue weighted by Gasteiger charge is -2.17. The zero-order valence-electron chi connectivity index (χ0n) is 11.0. The first-order valence-electron chi connectivity index (χ1n) is 6.13. The number of rotatable bonds is 4. The zero-order valence-corrected chi connectivity index (χ0v) is 11.0. The predicted octanol–water partition coefficient (Wildman–Crippen LogP) is 3.98. The van der Waals surface area contributed by atoms with E-state index < -0.39 is 35.0 Å². The molecule has 0 radical (unpaired) electrons. The summed E-state index contributed by atoms with van der Waals surface area (Å²) in [7, 11) is 0. The summed E-state index contributed by atoms with van der Waals surface area (Å²) in [6, 6.07) is 6.13. The molecule has 2 aromatic carbocycles. The summed E-state index contributed by atoms with van der Waals surface area (Å²) in [6.45, 7) is 1.63. The maximum absolute atomic E-state index is 13.6. The molecule has 1 unspecified atom stereocenters. The highest BCUT2D eigenvalue weighted by molar-refractivity contribution is 5.89. The van der Waals surface area contributed by atoms with Gasteiger partial charge in [0.05, 0.1) is 11.6 Å². The third-order valence-electron chi connectivity index (χ3n) is 3.01. The number of carboxylic acids is 1. The Labute approximate surface area is 119 Å². The molecule has 0 saturated carbocycles. The molecule has 0 saturated heterocycles. The summed E-state index contributed by atoms with van der Waals surface area (Å²) in [4.78, 5) is 10.9. The van der Waals surface area contributed by atoms with Crippen molar-refractivity contribution in [3.05, 3.63) is 65.0 Å². The average molecular weight is 295 g/mol. The molecule has 0 aliphatic carbocycles. The lowest BCUT2D eigenvalue weighted by molar-refractivity contribution is 0.0692. The minimum atomic E-state index is -1.39. The molecule has 6 heteroatoms. The first kappa shape index (κ1) is 14.9. The van der Waals surface area contributed by atoms with Gasteiger partial charge < -0.3 is 10.4 Å². The van der Waals surface area contributed by atoms with E-state index in [2.05, 4.69) is 5.32 Å². The summed E-state index contributed by atoms with van der Waals surface area (Å²) >= 11 is 0. The fraction of sp³-hybridized carbons (Fsp3) is 0.133. The Bertz CT molecular complexity index is 689. The van der Waals surface area contributed by atoms with Crippen molar-refractivity contribution in [3.63, 3.8) is 0 Å². The van der Waals surface area contributed by atoms with Crippen molar-refractivity contribution in [1.29, 1.82) is 0 Å². The molecule has 0 fully saturated rings. The number of nitrogens with one attached hydrogen (secondary N) is 1. The molecule has 0 bridgehead atoms. The molecular formula is C15H12F3NO2. The maximum Gasteiger partial charge on any atom is 0.338 e. The van der Waals surface area contributed by atoms with Gasteiger partial charge in [0.25, 0.3) is 0 Å². The first-order valence-corrected chi connectivity index (χ1v) is 6.13. The van der Waals surface area contributed by atoms with Gasteiger partial charge in [0.2, 0.25) is 0 Å². The lowest BCUT2D eigenvalue weighted by Crippen LogP contribution is -2.10. The van der Waals surface area contributed by atoms with E-state index in [9.17, 15) is 18.0 Å². The molecule has 1 atom stereocenters. The van der Waals surface area contributed by atoms with Crippen LogP contribution in [-0.4, -0.2) is 11.1 Å². The zero-order chi connectivity index (χ0) is 15.6. The van der Waals surface area contributed by atoms with E-state index in [-0.39, 0.29) is 5.56 Å². The Hall–Kier alpha value is -2.50. The minimum absolute atomic E-state index is 0.220. The van der Waals surface area contributed by atoms with E-state index >= 15 is 0 Å². The normalized spacial score (nSPS) is 12.0. The van der Waals surface area contributed by atoms with Gasteiger partial charge >= 0.3 is 5.97 Å². The van der Waals surface area contributed by atoms with Crippen molar-refractivity contribution in [1.82, 2.24) is 0 Å². The highest BCUT2D eigenvalue weighted by atomic mass is 19.1. The van der Waals surface area contributed by atoms with Crippen molar-refractivity contribution >= 4 is 11.7 Å². The fourth-order valence-corrected chi connectivity index (χ4v) is 1.96. The SMILES string of the molecule is CC(Nc1ccc(F)c(C(=O)O)c1)c1ccc(F)cc1F. The van der Waals surface area contributed by atoms with Gasteiger partial charge in [-0.1, -0.05) is 6.07 Å². The Morgan fingerprint density at radius 1 is 1.10 bits per heavy atom. The summed E-state index contributed by atoms with van der Waals surface area (Å²) in [5, 5.41) is 11.7. The van der Waals surface area contributed by atoms with Gasteiger partial charge in [0, 0.05) is 17.3 Å². The smallest absolute Gasteiger partial charge is 0.338 e. The fourth-order valence-electron chi connectivity index (χ4n) is 1.96. The molecule has 0 amide bonds. The Balaban J connectivity index is 2.25. The quantitative estimate of drug-likeness (QED) is 0.897. The van der Waals surface area contributed by atoms with Crippen molar-refractivity contribution < 1.29 is 23.1 Å². The van der Waals surface area contributed by atoms with Crippen molar-refractivity contribution in [2.75, 3.05) is 5.32 Å². The van der Waals surface area contributed by atoms with E-state index in [4.69, 9.17) is 5.11 Å². The molecule has 2 aromatic rings. The third-order valence-corrected chi connectivity index (χ3v) is 3.01. The van der Waals surface area contributed by atoms with E-state index in [1.165, 1.54) is 12.1 Å². The molecule has 0 spiro atoms. The van der Waals surface area contributed by atoms with Crippen LogP contribution >= 0.6 is 0 Å². The number of carboxylic acid groups (broad SMARTS) is 1. The van der Waals surface area contributed by atoms with E-state index in [0.717, 1.165) is 24.3 Å². The summed E-state index contributed by atoms with van der Waals surface area (Å²) in [6.07, 6.45) is 0. The van der Waals surface area contributed by atoms with E-state index in [1.54, 1.807) is 6.92 Å². The molecule has 110 valence electrons. The number of hydrogen-bond donors (Lipinski definition) is 2. The van der Waals surface area contributed by atoms with Crippen LogP contribution in [0.3, 0.4) is 0 Å². The van der Waals surface area contributed by atoms with Crippen LogP contribution in [0.4, 0.5) is 18.9 Å². The third kappa shape index (κ3) is 3.34. The van der Waals surface area contributed by atoms with Crippen LogP contribution in [-0.2, 0) is 0 Å². The first-order chi connectivity index (χ1) is 9.88. The van der Waals surface area contributed by atoms with Gasteiger partial charge in [0.15, 0.2) is 0 Å². The van der Waals surface area contributed by atoms with Gasteiger partial charge in [-0.3, -0.25) is 0 Å². The molecule has 0 heterocycles. The van der Waals surface area contributed by atoms with Gasteiger partial charge in [-0.25, -0.2) is 18.0 Å². The van der Waals surface area contributed by atoms with Crippen LogP contribution in [0.1, 0.15) is 28.9 Å². The Morgan fingerprint density at radius 2 is 1.81 bits per heavy atom. The highest BCUT2D eigenvalue weighted by Crippen LogP contribution is 2.23. The second-order valence-electron chi connectivity index (χ2n) is 4.53. The Morgan fingerprint density at radius 3 is 2.43 bits per heavy atom. The van der Waals surface area contributed by atoms with Gasteiger partial charge in [-0.2, -0.15) is 0 Å². The lowest BCUT2D eigenvalue weighted by atomic mass is 10.1. The van der Waals surface area contributed by atoms with Gasteiger partial charge in [0.1, 0.15) is 17.5 Å². The number of anilines is 1. The summed E-state index contributed by atoms with van der Waals surface area (Å²) < 4.78 is 39.8. The summed E-state index contributed by atoms with van der Waals surface area (Å²) in [5.74, 6) is -3.64. The number of aromatic carboxylic acids is 1. The maximum atomic E-state index is 13.6. The van der Waals surface area contributed by atoms with Crippen LogP contribution in [0.2, 0.25) is 0 Å². The minimum Gasteiger partial charge on any atom is -0.478 e. The molecule has 2 N–H and O–H groups in total. The number of carbonyl (C=O) groups is 1. The monoisotopic (exact) mass is 295 g/mol. The van der Waals surface area contributed by atoms with Crippen LogP contribution < -0.4 is 5.32 Å². The van der Waals surface area contributed by atoms with Crippen molar-refractivity contribution in [3.8, 4) is 0 Å². The molecule has 0 aliphatic rings. The highest BCUT2D eigenvalue weighted by Gasteiger charge is 2.14. The topological polar surface area (TPSA) is 49.3 Å². The van der Waals surface area contributed by atoms with Crippen molar-refractivity contribution in [2.45, 2.75) is 13.0 Å². The molecule has 2 rings (SSSR count). The van der Waals surface area contributed by atoms with E-state index in [1.807, 2.05) is 0 Å². The molecule has 21 heavy (non-hydrogen) atoms. The van der Waals surface area contributed by atoms with Crippen LogP contribution in [0, 0.1) is 17.5 Å². The average Bonchev–Trinajstić information content (AvgIpc) is 2.40. The summed E-state index contributed by atoms with van der Waals surface area (Å²) in [5.41, 5.74) is 0.0643. The van der Waals surface area contributed by atoms with E-state index in [0.29, 0.717) is 5.69 Å². The predicted molar refractivity (Wildman–Crippen MR) is 71.8 cm³/mol.